The predicted octanol–water partition coefficient (Wildman–Crippen LogP) is 2.25. The van der Waals surface area contributed by atoms with Crippen LogP contribution in [0.25, 0.3) is 0 Å². The van der Waals surface area contributed by atoms with Crippen molar-refractivity contribution >= 4 is 5.97 Å². The van der Waals surface area contributed by atoms with Gasteiger partial charge in [0.05, 0.1) is 6.61 Å². The first kappa shape index (κ1) is 17.7. The van der Waals surface area contributed by atoms with Crippen molar-refractivity contribution in [1.82, 2.24) is 10.2 Å². The molecule has 0 fully saturated rings. The van der Waals surface area contributed by atoms with Crippen molar-refractivity contribution in [3.05, 3.63) is 35.9 Å². The Kier molecular flexibility index (Phi) is 6.85. The molecule has 1 atom stereocenters. The van der Waals surface area contributed by atoms with E-state index in [9.17, 15) is 4.79 Å². The van der Waals surface area contributed by atoms with Gasteiger partial charge >= 0.3 is 5.97 Å². The summed E-state index contributed by atoms with van der Waals surface area (Å²) in [5.74, 6) is -0.119. The van der Waals surface area contributed by atoms with Crippen LogP contribution in [0.5, 0.6) is 0 Å². The normalized spacial score (nSPS) is 14.2. The second kappa shape index (κ2) is 8.15. The summed E-state index contributed by atoms with van der Waals surface area (Å²) < 4.78 is 5.37. The maximum absolute atomic E-state index is 12.7. The van der Waals surface area contributed by atoms with Crippen LogP contribution >= 0.6 is 0 Å². The SMILES string of the molecule is CCOC(=O)C(NCCN(C)C)(c1ccccc1)C(C)C. The molecule has 21 heavy (non-hydrogen) atoms. The number of hydrogen-bond donors (Lipinski definition) is 1. The molecular formula is C17H28N2O2. The molecule has 1 unspecified atom stereocenters. The van der Waals surface area contributed by atoms with E-state index in [2.05, 4.69) is 10.2 Å². The second-order valence-corrected chi connectivity index (χ2v) is 5.78. The molecule has 1 rings (SSSR count). The monoisotopic (exact) mass is 292 g/mol. The van der Waals surface area contributed by atoms with Crippen LogP contribution in [0.15, 0.2) is 30.3 Å². The summed E-state index contributed by atoms with van der Waals surface area (Å²) in [4.78, 5) is 14.8. The zero-order valence-electron chi connectivity index (χ0n) is 13.8. The number of nitrogens with one attached hydrogen (secondary N) is 1. The zero-order valence-corrected chi connectivity index (χ0v) is 13.8. The number of ether oxygens (including phenoxy) is 1. The minimum atomic E-state index is -0.798. The van der Waals surface area contributed by atoms with E-state index < -0.39 is 5.54 Å². The van der Waals surface area contributed by atoms with Crippen molar-refractivity contribution in [2.45, 2.75) is 26.3 Å². The topological polar surface area (TPSA) is 41.6 Å². The molecule has 0 radical (unpaired) electrons. The van der Waals surface area contributed by atoms with Crippen molar-refractivity contribution in [3.8, 4) is 0 Å². The van der Waals surface area contributed by atoms with Crippen molar-refractivity contribution in [1.29, 1.82) is 0 Å². The van der Waals surface area contributed by atoms with E-state index >= 15 is 0 Å². The minimum absolute atomic E-state index is 0.0844. The van der Waals surface area contributed by atoms with E-state index in [1.807, 2.05) is 65.2 Å². The standard InChI is InChI=1S/C17H28N2O2/c1-6-21-16(20)17(14(2)3,18-12-13-19(4)5)15-10-8-7-9-11-15/h7-11,14,18H,6,12-13H2,1-5H3. The van der Waals surface area contributed by atoms with E-state index in [1.54, 1.807) is 0 Å². The van der Waals surface area contributed by atoms with Crippen LogP contribution < -0.4 is 5.32 Å². The average Bonchev–Trinajstić information content (AvgIpc) is 2.44. The van der Waals surface area contributed by atoms with Crippen molar-refractivity contribution in [2.75, 3.05) is 33.8 Å². The maximum Gasteiger partial charge on any atom is 0.331 e. The Hall–Kier alpha value is -1.39. The number of rotatable bonds is 8. The van der Waals surface area contributed by atoms with E-state index in [1.165, 1.54) is 0 Å². The highest BCUT2D eigenvalue weighted by Gasteiger charge is 2.44. The van der Waals surface area contributed by atoms with Crippen LogP contribution in [0, 0.1) is 5.92 Å². The smallest absolute Gasteiger partial charge is 0.331 e. The summed E-state index contributed by atoms with van der Waals surface area (Å²) in [5, 5.41) is 3.45. The van der Waals surface area contributed by atoms with E-state index in [-0.39, 0.29) is 11.9 Å². The number of esters is 1. The molecule has 4 nitrogen and oxygen atoms in total. The summed E-state index contributed by atoms with van der Waals surface area (Å²) in [5.41, 5.74) is 0.157. The van der Waals surface area contributed by atoms with Crippen molar-refractivity contribution in [2.24, 2.45) is 5.92 Å². The number of carbonyl (C=O) groups excluding carboxylic acids is 1. The Labute approximate surface area is 128 Å². The molecule has 0 aliphatic carbocycles. The molecule has 118 valence electrons. The van der Waals surface area contributed by atoms with Crippen LogP contribution in [0.2, 0.25) is 0 Å². The van der Waals surface area contributed by atoms with Crippen LogP contribution in [0.4, 0.5) is 0 Å². The van der Waals surface area contributed by atoms with Gasteiger partial charge in [0.15, 0.2) is 0 Å². The van der Waals surface area contributed by atoms with Gasteiger partial charge in [0.2, 0.25) is 0 Å². The van der Waals surface area contributed by atoms with Crippen LogP contribution in [0.3, 0.4) is 0 Å². The van der Waals surface area contributed by atoms with Gasteiger partial charge < -0.3 is 9.64 Å². The van der Waals surface area contributed by atoms with Gasteiger partial charge in [-0.3, -0.25) is 5.32 Å². The van der Waals surface area contributed by atoms with Crippen LogP contribution in [0.1, 0.15) is 26.3 Å². The molecular weight excluding hydrogens is 264 g/mol. The number of hydrogen-bond acceptors (Lipinski definition) is 4. The fraction of sp³-hybridized carbons (Fsp3) is 0.588. The zero-order chi connectivity index (χ0) is 15.9. The van der Waals surface area contributed by atoms with E-state index in [4.69, 9.17) is 4.74 Å². The highest BCUT2D eigenvalue weighted by molar-refractivity contribution is 5.83. The Morgan fingerprint density at radius 2 is 1.90 bits per heavy atom. The molecule has 1 aromatic rings. The van der Waals surface area contributed by atoms with Gasteiger partial charge in [0.25, 0.3) is 0 Å². The fourth-order valence-electron chi connectivity index (χ4n) is 2.49. The van der Waals surface area contributed by atoms with Gasteiger partial charge in [0.1, 0.15) is 5.54 Å². The first-order valence-electron chi connectivity index (χ1n) is 7.57. The van der Waals surface area contributed by atoms with Crippen LogP contribution in [-0.4, -0.2) is 44.7 Å². The highest BCUT2D eigenvalue weighted by Crippen LogP contribution is 2.31. The third-order valence-corrected chi connectivity index (χ3v) is 3.66. The predicted molar refractivity (Wildman–Crippen MR) is 86.1 cm³/mol. The molecule has 0 heterocycles. The first-order valence-corrected chi connectivity index (χ1v) is 7.57. The van der Waals surface area contributed by atoms with Gasteiger partial charge in [0, 0.05) is 13.1 Å². The molecule has 0 spiro atoms. The molecule has 4 heteroatoms. The molecule has 0 bridgehead atoms. The Morgan fingerprint density at radius 3 is 2.38 bits per heavy atom. The lowest BCUT2D eigenvalue weighted by Gasteiger charge is -2.37. The maximum atomic E-state index is 12.7. The Balaban J connectivity index is 3.13. The van der Waals surface area contributed by atoms with Crippen LogP contribution in [-0.2, 0) is 15.1 Å². The molecule has 0 aliphatic rings. The second-order valence-electron chi connectivity index (χ2n) is 5.78. The molecule has 0 amide bonds. The number of benzene rings is 1. The summed E-state index contributed by atoms with van der Waals surface area (Å²) in [6.45, 7) is 7.90. The van der Waals surface area contributed by atoms with Crippen molar-refractivity contribution in [3.63, 3.8) is 0 Å². The summed E-state index contributed by atoms with van der Waals surface area (Å²) in [6.07, 6.45) is 0. The molecule has 1 N–H and O–H groups in total. The van der Waals surface area contributed by atoms with E-state index in [0.29, 0.717) is 6.61 Å². The van der Waals surface area contributed by atoms with E-state index in [0.717, 1.165) is 18.7 Å². The number of likely N-dealkylation sites (N-methyl/N-ethyl adjacent to an activating group) is 1. The van der Waals surface area contributed by atoms with Crippen molar-refractivity contribution < 1.29 is 9.53 Å². The third kappa shape index (κ3) is 4.29. The Morgan fingerprint density at radius 1 is 1.29 bits per heavy atom. The fourth-order valence-corrected chi connectivity index (χ4v) is 2.49. The Bertz CT molecular complexity index is 432. The molecule has 1 aromatic carbocycles. The lowest BCUT2D eigenvalue weighted by atomic mass is 9.79. The lowest BCUT2D eigenvalue weighted by molar-refractivity contribution is -0.154. The average molecular weight is 292 g/mol. The number of carbonyl (C=O) groups is 1. The summed E-state index contributed by atoms with van der Waals surface area (Å²) in [7, 11) is 4.04. The molecule has 0 aliphatic heterocycles. The van der Waals surface area contributed by atoms with Gasteiger partial charge in [-0.2, -0.15) is 0 Å². The number of nitrogens with zero attached hydrogens (tertiary/aromatic N) is 1. The molecule has 0 aromatic heterocycles. The van der Waals surface area contributed by atoms with Gasteiger partial charge in [-0.25, -0.2) is 4.79 Å². The molecule has 0 saturated carbocycles. The first-order chi connectivity index (χ1) is 9.95. The summed E-state index contributed by atoms with van der Waals surface area (Å²) in [6, 6.07) is 9.84. The lowest BCUT2D eigenvalue weighted by Crippen LogP contribution is -2.55. The highest BCUT2D eigenvalue weighted by atomic mass is 16.5. The van der Waals surface area contributed by atoms with Gasteiger partial charge in [-0.05, 0) is 32.5 Å². The minimum Gasteiger partial charge on any atom is -0.464 e. The van der Waals surface area contributed by atoms with Gasteiger partial charge in [-0.1, -0.05) is 44.2 Å². The quantitative estimate of drug-likeness (QED) is 0.746. The largest absolute Gasteiger partial charge is 0.464 e. The van der Waals surface area contributed by atoms with Gasteiger partial charge in [-0.15, -0.1) is 0 Å². The molecule has 0 saturated heterocycles. The summed E-state index contributed by atoms with van der Waals surface area (Å²) >= 11 is 0. The third-order valence-electron chi connectivity index (χ3n) is 3.66.